The molecule has 26 heavy (non-hydrogen) atoms. The van der Waals surface area contributed by atoms with Crippen molar-refractivity contribution in [3.63, 3.8) is 0 Å². The number of benzene rings is 1. The highest BCUT2D eigenvalue weighted by atomic mass is 16.4. The zero-order valence-electron chi connectivity index (χ0n) is 14.8. The van der Waals surface area contributed by atoms with Crippen LogP contribution in [-0.4, -0.2) is 25.7 Å². The Morgan fingerprint density at radius 2 is 2.08 bits per heavy atom. The van der Waals surface area contributed by atoms with Crippen LogP contribution in [0.25, 0.3) is 10.9 Å². The van der Waals surface area contributed by atoms with Crippen LogP contribution >= 0.6 is 0 Å². The smallest absolute Gasteiger partial charge is 0.335 e. The summed E-state index contributed by atoms with van der Waals surface area (Å²) in [4.78, 5) is 15.5. The molecule has 4 rings (SSSR count). The van der Waals surface area contributed by atoms with Gasteiger partial charge >= 0.3 is 5.97 Å². The van der Waals surface area contributed by atoms with Gasteiger partial charge < -0.3 is 14.8 Å². The molecular formula is C21H22N2O3. The van der Waals surface area contributed by atoms with Crippen LogP contribution in [0, 0.1) is 12.8 Å². The SMILES string of the molecule is Cc1c(Cc2cncc(O)c2)c2ccc(C(=O)O)cc2n1CC1CCC1. The second kappa shape index (κ2) is 6.48. The van der Waals surface area contributed by atoms with Gasteiger partial charge in [0.25, 0.3) is 0 Å². The molecule has 1 aliphatic rings. The molecule has 1 fully saturated rings. The molecule has 0 spiro atoms. The summed E-state index contributed by atoms with van der Waals surface area (Å²) in [6.07, 6.45) is 7.61. The van der Waals surface area contributed by atoms with Crippen molar-refractivity contribution in [3.05, 3.63) is 59.0 Å². The minimum atomic E-state index is -0.903. The van der Waals surface area contributed by atoms with Gasteiger partial charge in [0.05, 0.1) is 11.8 Å². The summed E-state index contributed by atoms with van der Waals surface area (Å²) in [5.41, 5.74) is 4.58. The number of nitrogens with zero attached hydrogens (tertiary/aromatic N) is 2. The maximum atomic E-state index is 11.4. The standard InChI is InChI=1S/C21H22N2O3/c1-13-19(8-15-7-17(24)11-22-10-15)18-6-5-16(21(25)26)9-20(18)23(13)12-14-3-2-4-14/h5-7,9-11,14,24H,2-4,8,12H2,1H3,(H,25,26). The van der Waals surface area contributed by atoms with Crippen LogP contribution < -0.4 is 0 Å². The highest BCUT2D eigenvalue weighted by Gasteiger charge is 2.22. The highest BCUT2D eigenvalue weighted by molar-refractivity contribution is 5.95. The summed E-state index contributed by atoms with van der Waals surface area (Å²) in [6, 6.07) is 7.09. The first-order valence-electron chi connectivity index (χ1n) is 9.01. The van der Waals surface area contributed by atoms with Gasteiger partial charge in [-0.1, -0.05) is 12.5 Å². The van der Waals surface area contributed by atoms with E-state index in [4.69, 9.17) is 0 Å². The third kappa shape index (κ3) is 2.94. The van der Waals surface area contributed by atoms with Crippen molar-refractivity contribution in [3.8, 4) is 5.75 Å². The molecular weight excluding hydrogens is 328 g/mol. The first-order chi connectivity index (χ1) is 12.5. The van der Waals surface area contributed by atoms with Gasteiger partial charge in [0.2, 0.25) is 0 Å². The molecule has 2 heterocycles. The quantitative estimate of drug-likeness (QED) is 0.725. The van der Waals surface area contributed by atoms with Crippen LogP contribution in [0.15, 0.2) is 36.7 Å². The first kappa shape index (κ1) is 16.6. The molecule has 1 aliphatic carbocycles. The highest BCUT2D eigenvalue weighted by Crippen LogP contribution is 2.34. The number of pyridine rings is 1. The van der Waals surface area contributed by atoms with Gasteiger partial charge in [-0.25, -0.2) is 4.79 Å². The molecule has 1 aromatic carbocycles. The summed E-state index contributed by atoms with van der Waals surface area (Å²) < 4.78 is 2.27. The van der Waals surface area contributed by atoms with Crippen molar-refractivity contribution in [1.29, 1.82) is 0 Å². The predicted molar refractivity (Wildman–Crippen MR) is 99.7 cm³/mol. The Morgan fingerprint density at radius 3 is 2.73 bits per heavy atom. The maximum Gasteiger partial charge on any atom is 0.335 e. The number of rotatable bonds is 5. The van der Waals surface area contributed by atoms with E-state index in [1.54, 1.807) is 24.4 Å². The number of fused-ring (bicyclic) bond motifs is 1. The Balaban J connectivity index is 1.83. The molecule has 0 radical (unpaired) electrons. The molecule has 0 unspecified atom stereocenters. The molecule has 5 nitrogen and oxygen atoms in total. The summed E-state index contributed by atoms with van der Waals surface area (Å²) in [7, 11) is 0. The normalized spacial score (nSPS) is 14.5. The topological polar surface area (TPSA) is 75.3 Å². The zero-order valence-corrected chi connectivity index (χ0v) is 14.8. The lowest BCUT2D eigenvalue weighted by Crippen LogP contribution is -2.18. The van der Waals surface area contributed by atoms with Crippen LogP contribution in [-0.2, 0) is 13.0 Å². The van der Waals surface area contributed by atoms with E-state index in [2.05, 4.69) is 16.5 Å². The van der Waals surface area contributed by atoms with E-state index in [0.717, 1.165) is 28.7 Å². The molecule has 3 aromatic rings. The van der Waals surface area contributed by atoms with E-state index in [9.17, 15) is 15.0 Å². The lowest BCUT2D eigenvalue weighted by Gasteiger charge is -2.27. The van der Waals surface area contributed by atoms with Gasteiger partial charge in [0.15, 0.2) is 0 Å². The Bertz CT molecular complexity index is 986. The van der Waals surface area contributed by atoms with Gasteiger partial charge in [-0.3, -0.25) is 4.98 Å². The Kier molecular flexibility index (Phi) is 4.15. The largest absolute Gasteiger partial charge is 0.506 e. The molecule has 0 aliphatic heterocycles. The number of carbonyl (C=O) groups is 1. The van der Waals surface area contributed by atoms with Gasteiger partial charge in [-0.2, -0.15) is 0 Å². The predicted octanol–water partition coefficient (Wildman–Crippen LogP) is 4.14. The van der Waals surface area contributed by atoms with E-state index < -0.39 is 5.97 Å². The third-order valence-electron chi connectivity index (χ3n) is 5.53. The van der Waals surface area contributed by atoms with Gasteiger partial charge in [0, 0.05) is 35.8 Å². The summed E-state index contributed by atoms with van der Waals surface area (Å²) in [5.74, 6) is -0.0701. The maximum absolute atomic E-state index is 11.4. The monoisotopic (exact) mass is 350 g/mol. The number of hydrogen-bond donors (Lipinski definition) is 2. The Hall–Kier alpha value is -2.82. The Morgan fingerprint density at radius 1 is 1.27 bits per heavy atom. The fourth-order valence-corrected chi connectivity index (χ4v) is 3.85. The third-order valence-corrected chi connectivity index (χ3v) is 5.53. The molecule has 1 saturated carbocycles. The van der Waals surface area contributed by atoms with Crippen LogP contribution in [0.1, 0.15) is 46.4 Å². The minimum Gasteiger partial charge on any atom is -0.506 e. The van der Waals surface area contributed by atoms with Crippen molar-refractivity contribution in [2.24, 2.45) is 5.92 Å². The van der Waals surface area contributed by atoms with Crippen molar-refractivity contribution in [2.75, 3.05) is 0 Å². The molecule has 0 saturated heterocycles. The van der Waals surface area contributed by atoms with Crippen molar-refractivity contribution >= 4 is 16.9 Å². The second-order valence-corrected chi connectivity index (χ2v) is 7.24. The molecule has 0 atom stereocenters. The van der Waals surface area contributed by atoms with Gasteiger partial charge in [0.1, 0.15) is 5.75 Å². The zero-order chi connectivity index (χ0) is 18.3. The first-order valence-corrected chi connectivity index (χ1v) is 9.01. The lowest BCUT2D eigenvalue weighted by atomic mass is 9.85. The van der Waals surface area contributed by atoms with E-state index in [1.165, 1.54) is 31.0 Å². The molecule has 0 amide bonds. The fraction of sp³-hybridized carbons (Fsp3) is 0.333. The van der Waals surface area contributed by atoms with Gasteiger partial charge in [-0.15, -0.1) is 0 Å². The number of hydrogen-bond acceptors (Lipinski definition) is 3. The van der Waals surface area contributed by atoms with E-state index >= 15 is 0 Å². The Labute approximate surface area is 151 Å². The summed E-state index contributed by atoms with van der Waals surface area (Å²) in [6.45, 7) is 3.04. The minimum absolute atomic E-state index is 0.159. The van der Waals surface area contributed by atoms with E-state index in [0.29, 0.717) is 17.9 Å². The van der Waals surface area contributed by atoms with Crippen molar-refractivity contribution in [1.82, 2.24) is 9.55 Å². The number of carboxylic acid groups (broad SMARTS) is 1. The van der Waals surface area contributed by atoms with Gasteiger partial charge in [-0.05, 0) is 55.0 Å². The van der Waals surface area contributed by atoms with Crippen LogP contribution in [0.3, 0.4) is 0 Å². The van der Waals surface area contributed by atoms with Crippen molar-refractivity contribution in [2.45, 2.75) is 39.2 Å². The van der Waals surface area contributed by atoms with Crippen molar-refractivity contribution < 1.29 is 15.0 Å². The molecule has 0 bridgehead atoms. The second-order valence-electron chi connectivity index (χ2n) is 7.24. The number of carboxylic acids is 1. The lowest BCUT2D eigenvalue weighted by molar-refractivity contribution is 0.0697. The number of aromatic hydroxyl groups is 1. The van der Waals surface area contributed by atoms with Crippen LogP contribution in [0.4, 0.5) is 0 Å². The number of aromatic carboxylic acids is 1. The van der Waals surface area contributed by atoms with Crippen LogP contribution in [0.2, 0.25) is 0 Å². The average molecular weight is 350 g/mol. The van der Waals surface area contributed by atoms with E-state index in [1.807, 2.05) is 6.07 Å². The van der Waals surface area contributed by atoms with Crippen LogP contribution in [0.5, 0.6) is 5.75 Å². The fourth-order valence-electron chi connectivity index (χ4n) is 3.85. The molecule has 2 N–H and O–H groups in total. The summed E-state index contributed by atoms with van der Waals surface area (Å²) >= 11 is 0. The van der Waals surface area contributed by atoms with E-state index in [-0.39, 0.29) is 5.75 Å². The molecule has 134 valence electrons. The number of aromatic nitrogens is 2. The average Bonchev–Trinajstić information content (AvgIpc) is 2.82. The molecule has 5 heteroatoms. The summed E-state index contributed by atoms with van der Waals surface area (Å²) in [5, 5.41) is 20.2. The molecule has 2 aromatic heterocycles.